The molecule has 2 heterocycles. The highest BCUT2D eigenvalue weighted by atomic mass is 16.5. The Kier molecular flexibility index (Phi) is 3.49. The van der Waals surface area contributed by atoms with Crippen LogP contribution in [0.5, 0.6) is 0 Å². The van der Waals surface area contributed by atoms with Crippen molar-refractivity contribution in [3.8, 4) is 11.5 Å². The second-order valence-corrected chi connectivity index (χ2v) is 4.08. The molecule has 2 aromatic rings. The number of pyridine rings is 1. The molecule has 5 heteroatoms. The minimum absolute atomic E-state index is 0.218. The molecule has 2 N–H and O–H groups in total. The highest BCUT2D eigenvalue weighted by molar-refractivity contribution is 5.47. The minimum Gasteiger partial charge on any atom is -0.337 e. The van der Waals surface area contributed by atoms with E-state index in [0.29, 0.717) is 23.3 Å². The third kappa shape index (κ3) is 2.50. The van der Waals surface area contributed by atoms with E-state index in [2.05, 4.69) is 29.0 Å². The maximum atomic E-state index is 6.02. The van der Waals surface area contributed by atoms with Gasteiger partial charge >= 0.3 is 0 Å². The largest absolute Gasteiger partial charge is 0.337 e. The molecule has 0 fully saturated rings. The standard InChI is InChI=1S/C12H16N4O/c1-3-8(2)10(13)12-15-11(16-17-12)9-6-4-5-7-14-9/h4-8,10H,3,13H2,1-2H3/t8?,10-/m0/s1. The van der Waals surface area contributed by atoms with Crippen molar-refractivity contribution in [3.63, 3.8) is 0 Å². The van der Waals surface area contributed by atoms with Crippen LogP contribution in [0.15, 0.2) is 28.9 Å². The molecule has 0 saturated carbocycles. The van der Waals surface area contributed by atoms with Gasteiger partial charge in [0.05, 0.1) is 6.04 Å². The van der Waals surface area contributed by atoms with Gasteiger partial charge in [0.2, 0.25) is 11.7 Å². The molecule has 90 valence electrons. The molecule has 0 saturated heterocycles. The van der Waals surface area contributed by atoms with Crippen LogP contribution in [-0.2, 0) is 0 Å². The average molecular weight is 232 g/mol. The van der Waals surface area contributed by atoms with Crippen molar-refractivity contribution in [2.45, 2.75) is 26.3 Å². The van der Waals surface area contributed by atoms with Crippen LogP contribution >= 0.6 is 0 Å². The molecule has 2 rings (SSSR count). The van der Waals surface area contributed by atoms with Crippen LogP contribution in [-0.4, -0.2) is 15.1 Å². The van der Waals surface area contributed by atoms with E-state index in [1.807, 2.05) is 18.2 Å². The van der Waals surface area contributed by atoms with Crippen LogP contribution in [0.4, 0.5) is 0 Å². The molecule has 0 aromatic carbocycles. The number of hydrogen-bond donors (Lipinski definition) is 1. The summed E-state index contributed by atoms with van der Waals surface area (Å²) in [6.45, 7) is 4.15. The van der Waals surface area contributed by atoms with Crippen molar-refractivity contribution < 1.29 is 4.52 Å². The van der Waals surface area contributed by atoms with Crippen LogP contribution in [0.1, 0.15) is 32.2 Å². The van der Waals surface area contributed by atoms with Gasteiger partial charge in [-0.1, -0.05) is 31.5 Å². The zero-order valence-corrected chi connectivity index (χ0v) is 10.00. The lowest BCUT2D eigenvalue weighted by Gasteiger charge is -2.12. The second-order valence-electron chi connectivity index (χ2n) is 4.08. The van der Waals surface area contributed by atoms with E-state index in [4.69, 9.17) is 10.3 Å². The lowest BCUT2D eigenvalue weighted by molar-refractivity contribution is 0.312. The van der Waals surface area contributed by atoms with Crippen molar-refractivity contribution in [1.29, 1.82) is 0 Å². The fourth-order valence-electron chi connectivity index (χ4n) is 1.47. The number of aromatic nitrogens is 3. The number of nitrogens with zero attached hydrogens (tertiary/aromatic N) is 3. The second kappa shape index (κ2) is 5.05. The zero-order chi connectivity index (χ0) is 12.3. The topological polar surface area (TPSA) is 77.8 Å². The molecule has 0 amide bonds. The normalized spacial score (nSPS) is 14.5. The molecular formula is C12H16N4O. The van der Waals surface area contributed by atoms with E-state index >= 15 is 0 Å². The summed E-state index contributed by atoms with van der Waals surface area (Å²) in [5.74, 6) is 1.27. The third-order valence-corrected chi connectivity index (χ3v) is 2.88. The molecular weight excluding hydrogens is 216 g/mol. The molecule has 5 nitrogen and oxygen atoms in total. The molecule has 2 aromatic heterocycles. The van der Waals surface area contributed by atoms with E-state index in [9.17, 15) is 0 Å². The summed E-state index contributed by atoms with van der Waals surface area (Å²) in [5.41, 5.74) is 6.72. The molecule has 0 bridgehead atoms. The summed E-state index contributed by atoms with van der Waals surface area (Å²) >= 11 is 0. The van der Waals surface area contributed by atoms with Crippen LogP contribution in [0.3, 0.4) is 0 Å². The number of hydrogen-bond acceptors (Lipinski definition) is 5. The quantitative estimate of drug-likeness (QED) is 0.874. The van der Waals surface area contributed by atoms with Crippen molar-refractivity contribution >= 4 is 0 Å². The van der Waals surface area contributed by atoms with Gasteiger partial charge < -0.3 is 10.3 Å². The van der Waals surface area contributed by atoms with E-state index in [1.165, 1.54) is 0 Å². The van der Waals surface area contributed by atoms with Crippen molar-refractivity contribution in [2.75, 3.05) is 0 Å². The average Bonchev–Trinajstić information content (AvgIpc) is 2.87. The first-order chi connectivity index (χ1) is 8.22. The lowest BCUT2D eigenvalue weighted by atomic mass is 10.0. The summed E-state index contributed by atoms with van der Waals surface area (Å²) in [5, 5.41) is 3.90. The monoisotopic (exact) mass is 232 g/mol. The van der Waals surface area contributed by atoms with Gasteiger partial charge in [-0.25, -0.2) is 0 Å². The Morgan fingerprint density at radius 1 is 1.41 bits per heavy atom. The number of rotatable bonds is 4. The van der Waals surface area contributed by atoms with Gasteiger partial charge in [0.25, 0.3) is 0 Å². The molecule has 0 spiro atoms. The van der Waals surface area contributed by atoms with Crippen LogP contribution in [0.2, 0.25) is 0 Å². The first-order valence-electron chi connectivity index (χ1n) is 5.73. The summed E-state index contributed by atoms with van der Waals surface area (Å²) < 4.78 is 5.18. The van der Waals surface area contributed by atoms with E-state index in [0.717, 1.165) is 6.42 Å². The van der Waals surface area contributed by atoms with Gasteiger partial charge in [0.1, 0.15) is 5.69 Å². The van der Waals surface area contributed by atoms with Crippen molar-refractivity contribution in [1.82, 2.24) is 15.1 Å². The molecule has 2 atom stereocenters. The molecule has 1 unspecified atom stereocenters. The van der Waals surface area contributed by atoms with Gasteiger partial charge in [0, 0.05) is 6.20 Å². The van der Waals surface area contributed by atoms with Gasteiger partial charge in [-0.05, 0) is 18.1 Å². The number of nitrogens with two attached hydrogens (primary N) is 1. The predicted molar refractivity (Wildman–Crippen MR) is 63.9 cm³/mol. The predicted octanol–water partition coefficient (Wildman–Crippen LogP) is 2.18. The maximum absolute atomic E-state index is 6.02. The van der Waals surface area contributed by atoms with Crippen LogP contribution in [0.25, 0.3) is 11.5 Å². The van der Waals surface area contributed by atoms with Crippen molar-refractivity contribution in [2.24, 2.45) is 11.7 Å². The minimum atomic E-state index is -0.218. The molecule has 17 heavy (non-hydrogen) atoms. The Balaban J connectivity index is 2.22. The van der Waals surface area contributed by atoms with E-state index in [1.54, 1.807) is 6.20 Å². The van der Waals surface area contributed by atoms with Gasteiger partial charge in [-0.3, -0.25) is 4.98 Å². The summed E-state index contributed by atoms with van der Waals surface area (Å²) in [6.07, 6.45) is 2.67. The van der Waals surface area contributed by atoms with Crippen molar-refractivity contribution in [3.05, 3.63) is 30.3 Å². The zero-order valence-electron chi connectivity index (χ0n) is 10.00. The fourth-order valence-corrected chi connectivity index (χ4v) is 1.47. The smallest absolute Gasteiger partial charge is 0.244 e. The van der Waals surface area contributed by atoms with Gasteiger partial charge in [-0.15, -0.1) is 0 Å². The Labute approximate surface area is 100 Å². The third-order valence-electron chi connectivity index (χ3n) is 2.88. The van der Waals surface area contributed by atoms with E-state index < -0.39 is 0 Å². The van der Waals surface area contributed by atoms with Crippen LogP contribution < -0.4 is 5.73 Å². The molecule has 0 aliphatic rings. The Bertz CT molecular complexity index is 468. The molecule has 0 radical (unpaired) electrons. The Morgan fingerprint density at radius 3 is 2.88 bits per heavy atom. The fraction of sp³-hybridized carbons (Fsp3) is 0.417. The maximum Gasteiger partial charge on any atom is 0.244 e. The SMILES string of the molecule is CCC(C)[C@H](N)c1nc(-c2ccccn2)no1. The Morgan fingerprint density at radius 2 is 2.24 bits per heavy atom. The highest BCUT2D eigenvalue weighted by Crippen LogP contribution is 2.22. The van der Waals surface area contributed by atoms with Crippen LogP contribution in [0, 0.1) is 5.92 Å². The first kappa shape index (κ1) is 11.7. The first-order valence-corrected chi connectivity index (χ1v) is 5.73. The van der Waals surface area contributed by atoms with Gasteiger partial charge in [-0.2, -0.15) is 4.98 Å². The van der Waals surface area contributed by atoms with Gasteiger partial charge in [0.15, 0.2) is 0 Å². The lowest BCUT2D eigenvalue weighted by Crippen LogP contribution is -2.18. The molecule has 0 aliphatic carbocycles. The molecule has 0 aliphatic heterocycles. The van der Waals surface area contributed by atoms with E-state index in [-0.39, 0.29) is 6.04 Å². The summed E-state index contributed by atoms with van der Waals surface area (Å²) in [7, 11) is 0. The summed E-state index contributed by atoms with van der Waals surface area (Å²) in [4.78, 5) is 8.45. The highest BCUT2D eigenvalue weighted by Gasteiger charge is 2.20. The summed E-state index contributed by atoms with van der Waals surface area (Å²) in [6, 6.07) is 5.34. The Hall–Kier alpha value is -1.75.